The molecule has 0 aliphatic heterocycles. The summed E-state index contributed by atoms with van der Waals surface area (Å²) >= 11 is 2.46. The molecule has 0 aliphatic carbocycles. The summed E-state index contributed by atoms with van der Waals surface area (Å²) in [6, 6.07) is 16.8. The van der Waals surface area contributed by atoms with E-state index in [0.717, 1.165) is 17.1 Å². The topological polar surface area (TPSA) is 101 Å². The molecule has 0 fully saturated rings. The fraction of sp³-hybridized carbons (Fsp3) is 0.211. The van der Waals surface area contributed by atoms with Crippen molar-refractivity contribution in [3.05, 3.63) is 71.3 Å². The van der Waals surface area contributed by atoms with E-state index >= 15 is 0 Å². The van der Waals surface area contributed by atoms with Gasteiger partial charge in [0.05, 0.1) is 0 Å². The highest BCUT2D eigenvalue weighted by Gasteiger charge is 2.20. The average Bonchev–Trinajstić information content (AvgIpc) is 3.18. The minimum absolute atomic E-state index is 0.132. The molecule has 0 unspecified atom stereocenters. The van der Waals surface area contributed by atoms with Gasteiger partial charge in [-0.25, -0.2) is 13.1 Å². The smallest absolute Gasteiger partial charge is 0.269 e. The third-order valence-corrected chi connectivity index (χ3v) is 7.48. The van der Waals surface area contributed by atoms with Crippen LogP contribution in [0.2, 0.25) is 0 Å². The fourth-order valence-corrected chi connectivity index (χ4v) is 5.33. The Labute approximate surface area is 178 Å². The van der Waals surface area contributed by atoms with E-state index in [-0.39, 0.29) is 21.9 Å². The second-order valence-electron chi connectivity index (χ2n) is 6.13. The van der Waals surface area contributed by atoms with Gasteiger partial charge in [-0.05, 0) is 24.6 Å². The Kier molecular flexibility index (Phi) is 7.37. The molecule has 0 atom stereocenters. The Morgan fingerprint density at radius 2 is 1.90 bits per heavy atom. The van der Waals surface area contributed by atoms with E-state index in [9.17, 15) is 13.2 Å². The molecule has 1 heterocycles. The van der Waals surface area contributed by atoms with Crippen molar-refractivity contribution in [3.8, 4) is 0 Å². The zero-order valence-corrected chi connectivity index (χ0v) is 18.1. The average molecular weight is 449 g/mol. The Bertz CT molecular complexity index is 1070. The van der Waals surface area contributed by atoms with Crippen molar-refractivity contribution in [1.82, 2.24) is 14.9 Å². The van der Waals surface area contributed by atoms with E-state index in [4.69, 9.17) is 0 Å². The molecule has 10 heteroatoms. The van der Waals surface area contributed by atoms with Gasteiger partial charge >= 0.3 is 0 Å². The lowest BCUT2D eigenvalue weighted by Gasteiger charge is -2.05. The molecule has 1 aromatic heterocycles. The summed E-state index contributed by atoms with van der Waals surface area (Å²) in [7, 11) is -3.76. The monoisotopic (exact) mass is 448 g/mol. The molecule has 0 saturated carbocycles. The normalized spacial score (nSPS) is 11.3. The van der Waals surface area contributed by atoms with Crippen molar-refractivity contribution in [3.63, 3.8) is 0 Å². The van der Waals surface area contributed by atoms with Crippen LogP contribution in [0.25, 0.3) is 0 Å². The van der Waals surface area contributed by atoms with E-state index < -0.39 is 10.0 Å². The number of carbonyl (C=O) groups is 1. The van der Waals surface area contributed by atoms with Gasteiger partial charge in [-0.1, -0.05) is 59.4 Å². The summed E-state index contributed by atoms with van der Waals surface area (Å²) in [6.07, 6.45) is 0. The molecule has 1 amide bonds. The number of amides is 1. The number of sulfonamides is 1. The molecule has 0 saturated heterocycles. The molecule has 3 aromatic rings. The minimum Gasteiger partial charge on any atom is -0.296 e. The van der Waals surface area contributed by atoms with Crippen LogP contribution in [0.4, 0.5) is 5.13 Å². The molecular formula is C19H20N4O3S3. The zero-order chi connectivity index (χ0) is 20.7. The highest BCUT2D eigenvalue weighted by atomic mass is 32.2. The molecule has 0 aliphatic rings. The van der Waals surface area contributed by atoms with Crippen LogP contribution in [0.1, 0.15) is 21.5 Å². The van der Waals surface area contributed by atoms with Crippen molar-refractivity contribution in [1.29, 1.82) is 0 Å². The van der Waals surface area contributed by atoms with Crippen molar-refractivity contribution >= 4 is 44.2 Å². The first-order valence-electron chi connectivity index (χ1n) is 8.77. The molecule has 29 heavy (non-hydrogen) atoms. The molecule has 0 radical (unpaired) electrons. The van der Waals surface area contributed by atoms with Crippen LogP contribution in [-0.4, -0.2) is 36.8 Å². The summed E-state index contributed by atoms with van der Waals surface area (Å²) in [4.78, 5) is 12.1. The van der Waals surface area contributed by atoms with E-state index in [1.807, 2.05) is 19.1 Å². The van der Waals surface area contributed by atoms with Gasteiger partial charge in [0.1, 0.15) is 0 Å². The van der Waals surface area contributed by atoms with Crippen LogP contribution in [-0.2, 0) is 15.8 Å². The van der Waals surface area contributed by atoms with Crippen LogP contribution in [0.15, 0.2) is 58.9 Å². The van der Waals surface area contributed by atoms with Crippen molar-refractivity contribution in [2.75, 3.05) is 17.6 Å². The number of aromatic nitrogens is 2. The first kappa shape index (κ1) is 21.4. The minimum atomic E-state index is -3.76. The summed E-state index contributed by atoms with van der Waals surface area (Å²) < 4.78 is 27.0. The SMILES string of the molecule is Cc1cccc(CSCCNS(=O)(=O)c2nnc(NC(=O)c3ccccc3)s2)c1. The highest BCUT2D eigenvalue weighted by Crippen LogP contribution is 2.20. The Balaban J connectivity index is 1.48. The number of nitrogens with zero attached hydrogens (tertiary/aromatic N) is 2. The van der Waals surface area contributed by atoms with Gasteiger partial charge < -0.3 is 0 Å². The number of anilines is 1. The number of carbonyl (C=O) groups excluding carboxylic acids is 1. The first-order chi connectivity index (χ1) is 13.9. The molecule has 0 spiro atoms. The van der Waals surface area contributed by atoms with Gasteiger partial charge in [0, 0.05) is 23.6 Å². The Morgan fingerprint density at radius 3 is 2.66 bits per heavy atom. The van der Waals surface area contributed by atoms with Crippen LogP contribution in [0, 0.1) is 6.92 Å². The van der Waals surface area contributed by atoms with Gasteiger partial charge in [0.2, 0.25) is 9.47 Å². The van der Waals surface area contributed by atoms with E-state index in [2.05, 4.69) is 32.4 Å². The predicted octanol–water partition coefficient (Wildman–Crippen LogP) is 3.31. The van der Waals surface area contributed by atoms with Gasteiger partial charge in [0.15, 0.2) is 0 Å². The number of hydrogen-bond donors (Lipinski definition) is 2. The second-order valence-corrected chi connectivity index (χ2v) is 10.2. The van der Waals surface area contributed by atoms with Gasteiger partial charge in [-0.15, -0.1) is 10.2 Å². The molecular weight excluding hydrogens is 428 g/mol. The number of rotatable bonds is 9. The molecule has 2 aromatic carbocycles. The van der Waals surface area contributed by atoms with Crippen molar-refractivity contribution < 1.29 is 13.2 Å². The Morgan fingerprint density at radius 1 is 1.10 bits per heavy atom. The van der Waals surface area contributed by atoms with Crippen molar-refractivity contribution in [2.24, 2.45) is 0 Å². The van der Waals surface area contributed by atoms with Crippen LogP contribution >= 0.6 is 23.1 Å². The van der Waals surface area contributed by atoms with Crippen LogP contribution in [0.3, 0.4) is 0 Å². The summed E-state index contributed by atoms with van der Waals surface area (Å²) in [6.45, 7) is 2.32. The lowest BCUT2D eigenvalue weighted by atomic mass is 10.2. The standard InChI is InChI=1S/C19H20N4O3S3/c1-14-6-5-7-15(12-14)13-27-11-10-20-29(25,26)19-23-22-18(28-19)21-17(24)16-8-3-2-4-9-16/h2-9,12,20H,10-11,13H2,1H3,(H,21,22,24). The number of nitrogens with one attached hydrogen (secondary N) is 2. The summed E-state index contributed by atoms with van der Waals surface area (Å²) in [5.74, 6) is 1.08. The quantitative estimate of drug-likeness (QED) is 0.385. The van der Waals surface area contributed by atoms with Crippen LogP contribution in [0.5, 0.6) is 0 Å². The van der Waals surface area contributed by atoms with Gasteiger partial charge in [-0.2, -0.15) is 11.8 Å². The van der Waals surface area contributed by atoms with E-state index in [0.29, 0.717) is 11.3 Å². The zero-order valence-electron chi connectivity index (χ0n) is 15.7. The summed E-state index contributed by atoms with van der Waals surface area (Å²) in [5.41, 5.74) is 2.87. The third kappa shape index (κ3) is 6.36. The van der Waals surface area contributed by atoms with Gasteiger partial charge in [0.25, 0.3) is 15.9 Å². The van der Waals surface area contributed by atoms with Crippen molar-refractivity contribution in [2.45, 2.75) is 17.0 Å². The molecule has 3 rings (SSSR count). The third-order valence-electron chi connectivity index (χ3n) is 3.78. The van der Waals surface area contributed by atoms with E-state index in [1.54, 1.807) is 42.1 Å². The molecule has 2 N–H and O–H groups in total. The molecule has 0 bridgehead atoms. The maximum atomic E-state index is 12.4. The largest absolute Gasteiger partial charge is 0.296 e. The summed E-state index contributed by atoms with van der Waals surface area (Å²) in [5, 5.41) is 10.1. The van der Waals surface area contributed by atoms with Crippen LogP contribution < -0.4 is 10.0 Å². The van der Waals surface area contributed by atoms with E-state index in [1.165, 1.54) is 11.1 Å². The lowest BCUT2D eigenvalue weighted by molar-refractivity contribution is 0.102. The number of thioether (sulfide) groups is 1. The second kappa shape index (κ2) is 9.97. The lowest BCUT2D eigenvalue weighted by Crippen LogP contribution is -2.26. The number of aryl methyl sites for hydroxylation is 1. The maximum Gasteiger partial charge on any atom is 0.269 e. The highest BCUT2D eigenvalue weighted by molar-refractivity contribution is 7.98. The maximum absolute atomic E-state index is 12.4. The fourth-order valence-electron chi connectivity index (χ4n) is 2.43. The van der Waals surface area contributed by atoms with Gasteiger partial charge in [-0.3, -0.25) is 10.1 Å². The first-order valence-corrected chi connectivity index (χ1v) is 12.2. The molecule has 152 valence electrons. The number of benzene rings is 2. The Hall–Kier alpha value is -2.27. The number of hydrogen-bond acceptors (Lipinski definition) is 7. The predicted molar refractivity (Wildman–Crippen MR) is 117 cm³/mol. The molecule has 7 nitrogen and oxygen atoms in total.